The molecule has 0 aliphatic carbocycles. The number of anilines is 3. The molecule has 4 N–H and O–H groups in total. The molecule has 3 heterocycles. The summed E-state index contributed by atoms with van der Waals surface area (Å²) in [5.41, 5.74) is 12.8. The number of rotatable bonds is 2. The molecule has 0 atom stereocenters. The van der Waals surface area contributed by atoms with E-state index in [4.69, 9.17) is 11.5 Å². The molecule has 1 aliphatic heterocycles. The van der Waals surface area contributed by atoms with Crippen molar-refractivity contribution in [1.29, 1.82) is 0 Å². The first-order chi connectivity index (χ1) is 11.3. The van der Waals surface area contributed by atoms with Crippen molar-refractivity contribution in [3.05, 3.63) is 41.9 Å². The van der Waals surface area contributed by atoms with Gasteiger partial charge in [0.15, 0.2) is 0 Å². The fourth-order valence-corrected chi connectivity index (χ4v) is 2.55. The van der Waals surface area contributed by atoms with Gasteiger partial charge in [0.05, 0.1) is 11.9 Å². The van der Waals surface area contributed by atoms with Gasteiger partial charge in [-0.25, -0.2) is 9.97 Å². The van der Waals surface area contributed by atoms with Gasteiger partial charge in [0.25, 0.3) is 0 Å². The molecule has 0 spiro atoms. The minimum Gasteiger partial charge on any atom is -0.383 e. The van der Waals surface area contributed by atoms with Crippen LogP contribution in [0.2, 0.25) is 0 Å². The lowest BCUT2D eigenvalue weighted by atomic mass is 10.0. The summed E-state index contributed by atoms with van der Waals surface area (Å²) in [4.78, 5) is 13.3. The van der Waals surface area contributed by atoms with Crippen molar-refractivity contribution < 1.29 is 13.2 Å². The molecule has 2 aromatic rings. The lowest BCUT2D eigenvalue weighted by molar-refractivity contribution is -0.141. The van der Waals surface area contributed by atoms with Gasteiger partial charge in [-0.3, -0.25) is 0 Å². The highest BCUT2D eigenvalue weighted by atomic mass is 19.4. The number of nitrogens with two attached hydrogens (primary N) is 2. The van der Waals surface area contributed by atoms with Crippen LogP contribution in [0.25, 0.3) is 5.57 Å². The average Bonchev–Trinajstić information content (AvgIpc) is 2.54. The molecular weight excluding hydrogens is 321 g/mol. The van der Waals surface area contributed by atoms with E-state index in [9.17, 15) is 13.2 Å². The number of aromatic nitrogens is 3. The van der Waals surface area contributed by atoms with Crippen LogP contribution in [0.1, 0.15) is 17.7 Å². The second kappa shape index (κ2) is 5.99. The van der Waals surface area contributed by atoms with Crippen LogP contribution in [0.5, 0.6) is 0 Å². The maximum absolute atomic E-state index is 12.5. The van der Waals surface area contributed by atoms with Crippen LogP contribution in [0.15, 0.2) is 30.6 Å². The zero-order valence-electron chi connectivity index (χ0n) is 12.6. The highest BCUT2D eigenvalue weighted by Gasteiger charge is 2.32. The van der Waals surface area contributed by atoms with E-state index in [0.717, 1.165) is 17.2 Å². The topological polar surface area (TPSA) is 94.0 Å². The van der Waals surface area contributed by atoms with Crippen LogP contribution < -0.4 is 16.4 Å². The van der Waals surface area contributed by atoms with E-state index < -0.39 is 11.9 Å². The van der Waals surface area contributed by atoms with Crippen molar-refractivity contribution in [1.82, 2.24) is 15.0 Å². The molecule has 0 bridgehead atoms. The summed E-state index contributed by atoms with van der Waals surface area (Å²) >= 11 is 0. The van der Waals surface area contributed by atoms with Crippen LogP contribution >= 0.6 is 0 Å². The van der Waals surface area contributed by atoms with Crippen LogP contribution in [-0.4, -0.2) is 28.0 Å². The summed E-state index contributed by atoms with van der Waals surface area (Å²) in [6.07, 6.45) is 1.01. The predicted octanol–water partition coefficient (Wildman–Crippen LogP) is 2.35. The van der Waals surface area contributed by atoms with Gasteiger partial charge in [0.2, 0.25) is 5.95 Å². The summed E-state index contributed by atoms with van der Waals surface area (Å²) in [7, 11) is 0. The number of pyridine rings is 1. The van der Waals surface area contributed by atoms with Crippen molar-refractivity contribution in [2.75, 3.05) is 29.5 Å². The van der Waals surface area contributed by atoms with Gasteiger partial charge in [-0.05, 0) is 24.1 Å². The zero-order chi connectivity index (χ0) is 17.3. The summed E-state index contributed by atoms with van der Waals surface area (Å²) in [5.74, 6) is 0.434. The molecule has 0 aromatic carbocycles. The monoisotopic (exact) mass is 336 g/mol. The van der Waals surface area contributed by atoms with Gasteiger partial charge < -0.3 is 16.4 Å². The van der Waals surface area contributed by atoms with Gasteiger partial charge in [-0.1, -0.05) is 6.08 Å². The average molecular weight is 336 g/mol. The number of hydrogen-bond acceptors (Lipinski definition) is 6. The Hall–Kier alpha value is -2.84. The molecule has 0 saturated heterocycles. The standard InChI is InChI=1S/C15H15F3N6/c16-15(17,18)12-2-1-10(7-21-12)24-5-3-9(4-6-24)11-8-22-14(20)23-13(11)19/h1-3,7-8H,4-6H2,(H4,19,20,22,23). The lowest BCUT2D eigenvalue weighted by Crippen LogP contribution is -2.28. The summed E-state index contributed by atoms with van der Waals surface area (Å²) in [6, 6.07) is 2.41. The van der Waals surface area contributed by atoms with Crippen molar-refractivity contribution in [2.24, 2.45) is 0 Å². The van der Waals surface area contributed by atoms with Gasteiger partial charge in [0, 0.05) is 24.8 Å². The Balaban J connectivity index is 1.75. The zero-order valence-corrected chi connectivity index (χ0v) is 12.6. The Bertz CT molecular complexity index is 770. The molecule has 0 amide bonds. The lowest BCUT2D eigenvalue weighted by Gasteiger charge is -2.28. The third kappa shape index (κ3) is 3.24. The Morgan fingerprint density at radius 3 is 2.42 bits per heavy atom. The van der Waals surface area contributed by atoms with E-state index in [2.05, 4.69) is 15.0 Å². The van der Waals surface area contributed by atoms with Crippen LogP contribution in [0.4, 0.5) is 30.6 Å². The van der Waals surface area contributed by atoms with Crippen molar-refractivity contribution >= 4 is 23.0 Å². The number of alkyl halides is 3. The molecule has 0 saturated carbocycles. The Morgan fingerprint density at radius 1 is 1.08 bits per heavy atom. The molecule has 0 radical (unpaired) electrons. The summed E-state index contributed by atoms with van der Waals surface area (Å²) < 4.78 is 37.6. The smallest absolute Gasteiger partial charge is 0.383 e. The normalized spacial score (nSPS) is 15.3. The van der Waals surface area contributed by atoms with Gasteiger partial charge in [-0.15, -0.1) is 0 Å². The predicted molar refractivity (Wildman–Crippen MR) is 84.9 cm³/mol. The van der Waals surface area contributed by atoms with E-state index >= 15 is 0 Å². The van der Waals surface area contributed by atoms with E-state index in [1.54, 1.807) is 6.20 Å². The molecule has 9 heteroatoms. The molecular formula is C15H15F3N6. The number of hydrogen-bond donors (Lipinski definition) is 2. The Kier molecular flexibility index (Phi) is 4.00. The van der Waals surface area contributed by atoms with Gasteiger partial charge in [-0.2, -0.15) is 18.2 Å². The van der Waals surface area contributed by atoms with Crippen LogP contribution in [0, 0.1) is 0 Å². The first kappa shape index (κ1) is 16.0. The van der Waals surface area contributed by atoms with E-state index in [1.165, 1.54) is 12.3 Å². The Morgan fingerprint density at radius 2 is 1.88 bits per heavy atom. The number of nitrogen functional groups attached to an aromatic ring is 2. The van der Waals surface area contributed by atoms with Crippen LogP contribution in [-0.2, 0) is 6.18 Å². The van der Waals surface area contributed by atoms with Crippen molar-refractivity contribution in [3.8, 4) is 0 Å². The fourth-order valence-electron chi connectivity index (χ4n) is 2.55. The maximum Gasteiger partial charge on any atom is 0.433 e. The Labute approximate surface area is 136 Å². The molecule has 0 fully saturated rings. The minimum atomic E-state index is -4.43. The highest BCUT2D eigenvalue weighted by Crippen LogP contribution is 2.30. The molecule has 126 valence electrons. The van der Waals surface area contributed by atoms with E-state index in [0.29, 0.717) is 31.0 Å². The molecule has 24 heavy (non-hydrogen) atoms. The van der Waals surface area contributed by atoms with E-state index in [-0.39, 0.29) is 5.95 Å². The van der Waals surface area contributed by atoms with Crippen molar-refractivity contribution in [2.45, 2.75) is 12.6 Å². The first-order valence-corrected chi connectivity index (χ1v) is 7.20. The summed E-state index contributed by atoms with van der Waals surface area (Å²) in [6.45, 7) is 1.16. The van der Waals surface area contributed by atoms with Crippen LogP contribution in [0.3, 0.4) is 0 Å². The molecule has 0 unspecified atom stereocenters. The third-order valence-electron chi connectivity index (χ3n) is 3.80. The molecule has 3 rings (SSSR count). The molecule has 2 aromatic heterocycles. The highest BCUT2D eigenvalue weighted by molar-refractivity contribution is 5.74. The maximum atomic E-state index is 12.5. The number of halogens is 3. The number of nitrogens with zero attached hydrogens (tertiary/aromatic N) is 4. The van der Waals surface area contributed by atoms with Gasteiger partial charge >= 0.3 is 6.18 Å². The first-order valence-electron chi connectivity index (χ1n) is 7.20. The van der Waals surface area contributed by atoms with Gasteiger partial charge in [0.1, 0.15) is 11.5 Å². The second-order valence-electron chi connectivity index (χ2n) is 5.35. The van der Waals surface area contributed by atoms with E-state index in [1.807, 2.05) is 11.0 Å². The fraction of sp³-hybridized carbons (Fsp3) is 0.267. The van der Waals surface area contributed by atoms with Crippen molar-refractivity contribution in [3.63, 3.8) is 0 Å². The summed E-state index contributed by atoms with van der Waals surface area (Å²) in [5, 5.41) is 0. The SMILES string of the molecule is Nc1ncc(C2=CCN(c3ccc(C(F)(F)F)nc3)CC2)c(N)n1. The second-order valence-corrected chi connectivity index (χ2v) is 5.35. The minimum absolute atomic E-state index is 0.116. The third-order valence-corrected chi connectivity index (χ3v) is 3.80. The largest absolute Gasteiger partial charge is 0.433 e. The molecule has 6 nitrogen and oxygen atoms in total. The quantitative estimate of drug-likeness (QED) is 0.874. The molecule has 1 aliphatic rings.